The third-order valence-electron chi connectivity index (χ3n) is 7.15. The second-order valence-corrected chi connectivity index (χ2v) is 11.4. The van der Waals surface area contributed by atoms with Crippen molar-refractivity contribution >= 4 is 21.1 Å². The normalized spacial score (nSPS) is 19.1. The Balaban J connectivity index is 1.29. The lowest BCUT2D eigenvalue weighted by atomic mass is 10.2. The highest BCUT2D eigenvalue weighted by molar-refractivity contribution is 7.89. The van der Waals surface area contributed by atoms with Crippen LogP contribution in [0.25, 0.3) is 11.0 Å². The van der Waals surface area contributed by atoms with Crippen LogP contribution >= 0.6 is 0 Å². The van der Waals surface area contributed by atoms with Crippen LogP contribution in [-0.4, -0.2) is 71.3 Å². The quantitative estimate of drug-likeness (QED) is 0.517. The van der Waals surface area contributed by atoms with Gasteiger partial charge in [0.2, 0.25) is 10.0 Å². The predicted octanol–water partition coefficient (Wildman–Crippen LogP) is 3.55. The van der Waals surface area contributed by atoms with Gasteiger partial charge in [-0.3, -0.25) is 9.80 Å². The first-order chi connectivity index (χ1) is 16.5. The molecule has 7 nitrogen and oxygen atoms in total. The summed E-state index contributed by atoms with van der Waals surface area (Å²) < 4.78 is 30.2. The van der Waals surface area contributed by atoms with Crippen LogP contribution in [-0.2, 0) is 29.7 Å². The lowest BCUT2D eigenvalue weighted by Crippen LogP contribution is -2.45. The summed E-state index contributed by atoms with van der Waals surface area (Å²) >= 11 is 0. The van der Waals surface area contributed by atoms with Crippen LogP contribution in [0.3, 0.4) is 0 Å². The highest BCUT2D eigenvalue weighted by atomic mass is 32.2. The van der Waals surface area contributed by atoms with Crippen molar-refractivity contribution in [2.45, 2.75) is 50.7 Å². The fraction of sp³-hybridized carbons (Fsp3) is 0.500. The van der Waals surface area contributed by atoms with Crippen molar-refractivity contribution in [3.05, 3.63) is 59.9 Å². The molecular weight excluding hydrogens is 446 g/mol. The maximum Gasteiger partial charge on any atom is 0.243 e. The maximum absolute atomic E-state index is 13.1. The number of piperidine rings is 1. The molecule has 2 aliphatic rings. The molecule has 2 aromatic carbocycles. The van der Waals surface area contributed by atoms with E-state index < -0.39 is 10.0 Å². The fourth-order valence-electron chi connectivity index (χ4n) is 5.19. The Morgan fingerprint density at radius 1 is 0.824 bits per heavy atom. The van der Waals surface area contributed by atoms with Crippen molar-refractivity contribution in [2.24, 2.45) is 0 Å². The van der Waals surface area contributed by atoms with Gasteiger partial charge in [-0.15, -0.1) is 0 Å². The molecule has 3 aromatic rings. The first-order valence-electron chi connectivity index (χ1n) is 12.5. The average Bonchev–Trinajstić information content (AvgIpc) is 3.22. The number of hydrogen-bond acceptors (Lipinski definition) is 5. The summed E-state index contributed by atoms with van der Waals surface area (Å²) in [5, 5.41) is 0. The van der Waals surface area contributed by atoms with Crippen molar-refractivity contribution in [1.82, 2.24) is 23.7 Å². The zero-order valence-corrected chi connectivity index (χ0v) is 20.9. The Hall–Kier alpha value is -2.26. The zero-order chi connectivity index (χ0) is 23.5. The molecule has 0 N–H and O–H groups in total. The minimum Gasteiger partial charge on any atom is -0.327 e. The second kappa shape index (κ2) is 10.2. The van der Waals surface area contributed by atoms with Gasteiger partial charge in [-0.05, 0) is 43.5 Å². The number of rotatable bonds is 7. The number of aryl methyl sites for hydroxylation is 1. The van der Waals surface area contributed by atoms with Crippen molar-refractivity contribution in [2.75, 3.05) is 39.3 Å². The van der Waals surface area contributed by atoms with E-state index in [0.29, 0.717) is 18.0 Å². The summed E-state index contributed by atoms with van der Waals surface area (Å²) in [4.78, 5) is 10.2. The van der Waals surface area contributed by atoms with Crippen LogP contribution in [0.1, 0.15) is 37.6 Å². The number of aromatic nitrogens is 2. The summed E-state index contributed by atoms with van der Waals surface area (Å²) in [6.07, 6.45) is 2.99. The molecule has 1 aromatic heterocycles. The number of piperazine rings is 1. The SMILES string of the molecule is CCn1c(CN2CCN(Cc3ccccc3)CC2)nc2cc(S(=O)(=O)N3CCCCC3)ccc21. The van der Waals surface area contributed by atoms with E-state index in [1.165, 1.54) is 5.56 Å². The summed E-state index contributed by atoms with van der Waals surface area (Å²) in [6, 6.07) is 16.1. The molecule has 0 spiro atoms. The molecule has 2 aliphatic heterocycles. The standard InChI is InChI=1S/C26H35N5O2S/c1-2-31-25-12-11-23(34(32,33)30-13-7-4-8-14-30)19-24(25)27-26(31)21-29-17-15-28(16-18-29)20-22-9-5-3-6-10-22/h3,5-6,9-12,19H,2,4,7-8,13-18,20-21H2,1H3. The van der Waals surface area contributed by atoms with Crippen LogP contribution in [0.4, 0.5) is 0 Å². The van der Waals surface area contributed by atoms with Gasteiger partial charge in [0.25, 0.3) is 0 Å². The molecule has 2 fully saturated rings. The lowest BCUT2D eigenvalue weighted by molar-refractivity contribution is 0.119. The van der Waals surface area contributed by atoms with E-state index in [9.17, 15) is 8.42 Å². The van der Waals surface area contributed by atoms with Crippen molar-refractivity contribution in [1.29, 1.82) is 0 Å². The van der Waals surface area contributed by atoms with Gasteiger partial charge in [-0.25, -0.2) is 13.4 Å². The van der Waals surface area contributed by atoms with E-state index >= 15 is 0 Å². The fourth-order valence-corrected chi connectivity index (χ4v) is 6.73. The van der Waals surface area contributed by atoms with Gasteiger partial charge in [-0.2, -0.15) is 4.31 Å². The first kappa shape index (κ1) is 23.5. The molecule has 0 aliphatic carbocycles. The molecule has 0 bridgehead atoms. The van der Waals surface area contributed by atoms with Crippen LogP contribution in [0.2, 0.25) is 0 Å². The summed E-state index contributed by atoms with van der Waals surface area (Å²) in [5.41, 5.74) is 3.15. The molecular formula is C26H35N5O2S. The van der Waals surface area contributed by atoms with Gasteiger partial charge < -0.3 is 4.57 Å². The third kappa shape index (κ3) is 4.91. The molecule has 2 saturated heterocycles. The summed E-state index contributed by atoms with van der Waals surface area (Å²) in [5.74, 6) is 1.02. The Morgan fingerprint density at radius 3 is 2.18 bits per heavy atom. The van der Waals surface area contributed by atoms with Gasteiger partial charge in [0.15, 0.2) is 0 Å². The summed E-state index contributed by atoms with van der Waals surface area (Å²) in [6.45, 7) is 10.1. The summed E-state index contributed by atoms with van der Waals surface area (Å²) in [7, 11) is -3.45. The zero-order valence-electron chi connectivity index (χ0n) is 20.1. The average molecular weight is 482 g/mol. The molecule has 0 atom stereocenters. The Labute approximate surface area is 203 Å². The maximum atomic E-state index is 13.1. The molecule has 34 heavy (non-hydrogen) atoms. The smallest absolute Gasteiger partial charge is 0.243 e. The van der Waals surface area contributed by atoms with Gasteiger partial charge >= 0.3 is 0 Å². The molecule has 3 heterocycles. The molecule has 182 valence electrons. The molecule has 5 rings (SSSR count). The molecule has 0 saturated carbocycles. The van der Waals surface area contributed by atoms with Gasteiger partial charge in [-0.1, -0.05) is 36.8 Å². The number of imidazole rings is 1. The minimum atomic E-state index is -3.45. The monoisotopic (exact) mass is 481 g/mol. The van der Waals surface area contributed by atoms with E-state index in [-0.39, 0.29) is 0 Å². The van der Waals surface area contributed by atoms with Crippen LogP contribution in [0, 0.1) is 0 Å². The minimum absolute atomic E-state index is 0.365. The highest BCUT2D eigenvalue weighted by Crippen LogP contribution is 2.25. The first-order valence-corrected chi connectivity index (χ1v) is 14.0. The number of benzene rings is 2. The number of fused-ring (bicyclic) bond motifs is 1. The lowest BCUT2D eigenvalue weighted by Gasteiger charge is -2.34. The molecule has 0 unspecified atom stereocenters. The van der Waals surface area contributed by atoms with Crippen LogP contribution < -0.4 is 0 Å². The van der Waals surface area contributed by atoms with Gasteiger partial charge in [0, 0.05) is 52.4 Å². The Bertz CT molecular complexity index is 1210. The van der Waals surface area contributed by atoms with Crippen LogP contribution in [0.5, 0.6) is 0 Å². The molecule has 8 heteroatoms. The highest BCUT2D eigenvalue weighted by Gasteiger charge is 2.27. The largest absolute Gasteiger partial charge is 0.327 e. The number of sulfonamides is 1. The van der Waals surface area contributed by atoms with Crippen molar-refractivity contribution in [3.63, 3.8) is 0 Å². The van der Waals surface area contributed by atoms with E-state index in [1.807, 2.05) is 6.07 Å². The number of hydrogen-bond donors (Lipinski definition) is 0. The predicted molar refractivity (Wildman–Crippen MR) is 135 cm³/mol. The van der Waals surface area contributed by atoms with Crippen molar-refractivity contribution in [3.8, 4) is 0 Å². The number of nitrogens with zero attached hydrogens (tertiary/aromatic N) is 5. The Morgan fingerprint density at radius 2 is 1.50 bits per heavy atom. The second-order valence-electron chi connectivity index (χ2n) is 9.43. The van der Waals surface area contributed by atoms with E-state index in [2.05, 4.69) is 51.6 Å². The molecule has 0 radical (unpaired) electrons. The molecule has 0 amide bonds. The van der Waals surface area contributed by atoms with Gasteiger partial charge in [0.1, 0.15) is 5.82 Å². The van der Waals surface area contributed by atoms with Crippen molar-refractivity contribution < 1.29 is 8.42 Å². The van der Waals surface area contributed by atoms with Gasteiger partial charge in [0.05, 0.1) is 22.5 Å². The third-order valence-corrected chi connectivity index (χ3v) is 9.04. The Kier molecular flexibility index (Phi) is 7.01. The topological polar surface area (TPSA) is 61.7 Å². The van der Waals surface area contributed by atoms with Crippen LogP contribution in [0.15, 0.2) is 53.4 Å². The van der Waals surface area contributed by atoms with E-state index in [0.717, 1.165) is 81.9 Å². The van der Waals surface area contributed by atoms with E-state index in [4.69, 9.17) is 4.98 Å². The van der Waals surface area contributed by atoms with E-state index in [1.54, 1.807) is 16.4 Å².